The number of nitrogen functional groups attached to an aromatic ring is 1. The fourth-order valence-electron chi connectivity index (χ4n) is 2.02. The molecule has 0 radical (unpaired) electrons. The molecule has 0 bridgehead atoms. The van der Waals surface area contributed by atoms with Crippen molar-refractivity contribution >= 4 is 11.5 Å². The molecule has 2 rings (SSSR count). The standard InChI is InChI=1S/C12H19N3O2/c1-9(2)11-7-10(8-12(13)15(11)16)14-3-5-17-6-4-14/h7-9H,3-6,13H2,1-2H3. The molecule has 1 aliphatic heterocycles. The third-order valence-corrected chi connectivity index (χ3v) is 3.03. The number of hydrogen-bond donors (Lipinski definition) is 1. The average Bonchev–Trinajstić information content (AvgIpc) is 2.33. The molecule has 0 amide bonds. The van der Waals surface area contributed by atoms with E-state index in [9.17, 15) is 5.21 Å². The van der Waals surface area contributed by atoms with Crippen molar-refractivity contribution in [2.24, 2.45) is 0 Å². The van der Waals surface area contributed by atoms with Crippen LogP contribution in [0, 0.1) is 5.21 Å². The van der Waals surface area contributed by atoms with Gasteiger partial charge < -0.3 is 14.8 Å². The lowest BCUT2D eigenvalue weighted by molar-refractivity contribution is -0.599. The zero-order valence-corrected chi connectivity index (χ0v) is 10.3. The first-order valence-corrected chi connectivity index (χ1v) is 5.95. The first-order chi connectivity index (χ1) is 8.09. The summed E-state index contributed by atoms with van der Waals surface area (Å²) in [5, 5.41) is 11.8. The maximum atomic E-state index is 11.8. The molecule has 2 N–H and O–H groups in total. The summed E-state index contributed by atoms with van der Waals surface area (Å²) >= 11 is 0. The molecule has 0 aliphatic carbocycles. The molecule has 1 aromatic heterocycles. The van der Waals surface area contributed by atoms with Crippen molar-refractivity contribution in [1.82, 2.24) is 0 Å². The van der Waals surface area contributed by atoms with Crippen LogP contribution in [0.2, 0.25) is 0 Å². The van der Waals surface area contributed by atoms with Crippen molar-refractivity contribution in [2.75, 3.05) is 36.9 Å². The Bertz CT molecular complexity index is 401. The van der Waals surface area contributed by atoms with Crippen LogP contribution in [0.5, 0.6) is 0 Å². The Kier molecular flexibility index (Phi) is 3.38. The van der Waals surface area contributed by atoms with E-state index in [4.69, 9.17) is 10.5 Å². The van der Waals surface area contributed by atoms with E-state index >= 15 is 0 Å². The van der Waals surface area contributed by atoms with Gasteiger partial charge in [-0.15, -0.1) is 0 Å². The van der Waals surface area contributed by atoms with Crippen LogP contribution in [0.4, 0.5) is 11.5 Å². The molecule has 0 aromatic carbocycles. The molecule has 1 saturated heterocycles. The highest BCUT2D eigenvalue weighted by Crippen LogP contribution is 2.22. The lowest BCUT2D eigenvalue weighted by Crippen LogP contribution is -2.40. The molecule has 0 saturated carbocycles. The molecule has 0 atom stereocenters. The summed E-state index contributed by atoms with van der Waals surface area (Å²) < 4.78 is 6.13. The molecular formula is C12H19N3O2. The summed E-state index contributed by atoms with van der Waals surface area (Å²) in [7, 11) is 0. The minimum atomic E-state index is 0.163. The normalized spacial score (nSPS) is 16.5. The van der Waals surface area contributed by atoms with Gasteiger partial charge in [0, 0.05) is 30.8 Å². The quantitative estimate of drug-likeness (QED) is 0.612. The first kappa shape index (κ1) is 12.0. The van der Waals surface area contributed by atoms with E-state index in [1.54, 1.807) is 6.07 Å². The van der Waals surface area contributed by atoms with Crippen molar-refractivity contribution in [1.29, 1.82) is 0 Å². The minimum absolute atomic E-state index is 0.163. The molecule has 0 unspecified atom stereocenters. The van der Waals surface area contributed by atoms with Crippen LogP contribution in [0.25, 0.3) is 0 Å². The summed E-state index contributed by atoms with van der Waals surface area (Å²) in [6.07, 6.45) is 0. The number of morpholine rings is 1. The maximum Gasteiger partial charge on any atom is 0.277 e. The molecule has 5 nitrogen and oxygen atoms in total. The highest BCUT2D eigenvalue weighted by atomic mass is 16.5. The Morgan fingerprint density at radius 3 is 2.59 bits per heavy atom. The van der Waals surface area contributed by atoms with Crippen molar-refractivity contribution in [3.8, 4) is 0 Å². The Balaban J connectivity index is 2.34. The second-order valence-corrected chi connectivity index (χ2v) is 4.61. The van der Waals surface area contributed by atoms with Gasteiger partial charge in [0.15, 0.2) is 0 Å². The highest BCUT2D eigenvalue weighted by molar-refractivity contribution is 5.52. The number of nitrogens with two attached hydrogens (primary N) is 1. The van der Waals surface area contributed by atoms with Gasteiger partial charge in [-0.2, -0.15) is 0 Å². The molecule has 5 heteroatoms. The number of aromatic nitrogens is 1. The van der Waals surface area contributed by atoms with Gasteiger partial charge >= 0.3 is 0 Å². The summed E-state index contributed by atoms with van der Waals surface area (Å²) in [5.41, 5.74) is 7.49. The topological polar surface area (TPSA) is 65.4 Å². The van der Waals surface area contributed by atoms with E-state index in [0.29, 0.717) is 5.69 Å². The lowest BCUT2D eigenvalue weighted by atomic mass is 10.1. The molecule has 0 spiro atoms. The van der Waals surface area contributed by atoms with Crippen LogP contribution in [-0.2, 0) is 4.74 Å². The van der Waals surface area contributed by atoms with Gasteiger partial charge in [-0.25, -0.2) is 4.73 Å². The highest BCUT2D eigenvalue weighted by Gasteiger charge is 2.17. The fourth-order valence-corrected chi connectivity index (χ4v) is 2.02. The number of rotatable bonds is 2. The Morgan fingerprint density at radius 2 is 2.00 bits per heavy atom. The first-order valence-electron chi connectivity index (χ1n) is 5.95. The molecular weight excluding hydrogens is 218 g/mol. The second-order valence-electron chi connectivity index (χ2n) is 4.61. The van der Waals surface area contributed by atoms with E-state index in [-0.39, 0.29) is 11.7 Å². The van der Waals surface area contributed by atoms with Gasteiger partial charge in [0.05, 0.1) is 19.3 Å². The SMILES string of the molecule is CC(C)c1cc(N2CCOCC2)cc(N)[n+]1[O-]. The molecule has 1 fully saturated rings. The third kappa shape index (κ3) is 2.44. The van der Waals surface area contributed by atoms with Crippen LogP contribution < -0.4 is 15.4 Å². The largest absolute Gasteiger partial charge is 0.710 e. The van der Waals surface area contributed by atoms with Crippen LogP contribution in [0.15, 0.2) is 12.1 Å². The average molecular weight is 237 g/mol. The van der Waals surface area contributed by atoms with Crippen molar-refractivity contribution in [3.05, 3.63) is 23.0 Å². The van der Waals surface area contributed by atoms with Gasteiger partial charge in [0.2, 0.25) is 0 Å². The van der Waals surface area contributed by atoms with E-state index in [2.05, 4.69) is 4.90 Å². The van der Waals surface area contributed by atoms with E-state index in [1.807, 2.05) is 19.9 Å². The summed E-state index contributed by atoms with van der Waals surface area (Å²) in [6, 6.07) is 3.67. The van der Waals surface area contributed by atoms with Crippen LogP contribution in [-0.4, -0.2) is 26.3 Å². The maximum absolute atomic E-state index is 11.8. The molecule has 17 heavy (non-hydrogen) atoms. The third-order valence-electron chi connectivity index (χ3n) is 3.03. The van der Waals surface area contributed by atoms with E-state index < -0.39 is 0 Å². The predicted octanol–water partition coefficient (Wildman–Crippen LogP) is 0.862. The summed E-state index contributed by atoms with van der Waals surface area (Å²) in [5.74, 6) is 0.425. The van der Waals surface area contributed by atoms with Crippen molar-refractivity contribution in [2.45, 2.75) is 19.8 Å². The lowest BCUT2D eigenvalue weighted by Gasteiger charge is -2.29. The Morgan fingerprint density at radius 1 is 1.35 bits per heavy atom. The predicted molar refractivity (Wildman–Crippen MR) is 66.9 cm³/mol. The van der Waals surface area contributed by atoms with Gasteiger partial charge in [0.25, 0.3) is 5.82 Å². The minimum Gasteiger partial charge on any atom is -0.710 e. The Labute approximate surface area is 101 Å². The van der Waals surface area contributed by atoms with Gasteiger partial charge in [-0.3, -0.25) is 5.73 Å². The van der Waals surface area contributed by atoms with Gasteiger partial charge in [-0.05, 0) is 0 Å². The zero-order chi connectivity index (χ0) is 12.4. The number of ether oxygens (including phenoxy) is 1. The number of nitrogens with zero attached hydrogens (tertiary/aromatic N) is 2. The van der Waals surface area contributed by atoms with E-state index in [1.165, 1.54) is 0 Å². The van der Waals surface area contributed by atoms with Crippen molar-refractivity contribution in [3.63, 3.8) is 0 Å². The van der Waals surface area contributed by atoms with Crippen LogP contribution in [0.1, 0.15) is 25.5 Å². The smallest absolute Gasteiger partial charge is 0.277 e. The molecule has 1 aromatic rings. The monoisotopic (exact) mass is 237 g/mol. The summed E-state index contributed by atoms with van der Waals surface area (Å²) in [6.45, 7) is 7.13. The van der Waals surface area contributed by atoms with Crippen molar-refractivity contribution < 1.29 is 9.47 Å². The molecule has 1 aliphatic rings. The number of pyridine rings is 1. The van der Waals surface area contributed by atoms with Gasteiger partial charge in [0.1, 0.15) is 5.69 Å². The number of hydrogen-bond acceptors (Lipinski definition) is 4. The van der Waals surface area contributed by atoms with Crippen LogP contribution in [0.3, 0.4) is 0 Å². The van der Waals surface area contributed by atoms with E-state index in [0.717, 1.165) is 36.7 Å². The fraction of sp³-hybridized carbons (Fsp3) is 0.583. The second kappa shape index (κ2) is 4.79. The van der Waals surface area contributed by atoms with Crippen LogP contribution >= 0.6 is 0 Å². The Hall–Kier alpha value is -1.49. The zero-order valence-electron chi connectivity index (χ0n) is 10.3. The molecule has 2 heterocycles. The molecule has 94 valence electrons. The van der Waals surface area contributed by atoms with Gasteiger partial charge in [-0.1, -0.05) is 13.8 Å². The summed E-state index contributed by atoms with van der Waals surface area (Å²) in [4.78, 5) is 2.20. The number of anilines is 2.